The summed E-state index contributed by atoms with van der Waals surface area (Å²) in [6.07, 6.45) is 0. The quantitative estimate of drug-likeness (QED) is 0.279. The van der Waals surface area contributed by atoms with E-state index in [1.54, 1.807) is 7.05 Å². The number of nitrogens with zero attached hydrogens (tertiary/aromatic N) is 3. The number of hydrogen-bond donors (Lipinski definition) is 0. The van der Waals surface area contributed by atoms with Crippen molar-refractivity contribution in [3.63, 3.8) is 0 Å². The first-order valence-electron chi connectivity index (χ1n) is 8.57. The van der Waals surface area contributed by atoms with Crippen LogP contribution in [0.5, 0.6) is 0 Å². The van der Waals surface area contributed by atoms with E-state index in [4.69, 9.17) is 34.8 Å². The molecule has 0 bridgehead atoms. The summed E-state index contributed by atoms with van der Waals surface area (Å²) < 4.78 is 42.6. The maximum absolute atomic E-state index is 14.3. The van der Waals surface area contributed by atoms with Gasteiger partial charge in [-0.3, -0.25) is 0 Å². The number of rotatable bonds is 2. The predicted molar refractivity (Wildman–Crippen MR) is 117 cm³/mol. The maximum Gasteiger partial charge on any atom is 0.186 e. The summed E-state index contributed by atoms with van der Waals surface area (Å²) in [5, 5.41) is 4.74. The highest BCUT2D eigenvalue weighted by atomic mass is 35.5. The number of aryl methyl sites for hydroxylation is 1. The van der Waals surface area contributed by atoms with E-state index < -0.39 is 17.5 Å². The fourth-order valence-corrected chi connectivity index (χ4v) is 4.60. The average Bonchev–Trinajstić information content (AvgIpc) is 3.21. The molecule has 2 heterocycles. The van der Waals surface area contributed by atoms with Crippen molar-refractivity contribution in [2.45, 2.75) is 0 Å². The zero-order valence-corrected chi connectivity index (χ0v) is 18.6. The zero-order chi connectivity index (χ0) is 22.3. The first-order chi connectivity index (χ1) is 14.8. The van der Waals surface area contributed by atoms with Gasteiger partial charge in [-0.25, -0.2) is 22.8 Å². The molecule has 0 unspecified atom stereocenters. The largest absolute Gasteiger partial charge is 0.248 e. The first-order valence-corrected chi connectivity index (χ1v) is 10.5. The lowest BCUT2D eigenvalue weighted by atomic mass is 10.2. The molecule has 0 fully saturated rings. The minimum atomic E-state index is -0.786. The Labute approximate surface area is 194 Å². The summed E-state index contributed by atoms with van der Waals surface area (Å²) in [4.78, 5) is 5.18. The van der Waals surface area contributed by atoms with Gasteiger partial charge >= 0.3 is 0 Å². The van der Waals surface area contributed by atoms with E-state index in [9.17, 15) is 13.2 Å². The Morgan fingerprint density at radius 1 is 0.968 bits per heavy atom. The maximum atomic E-state index is 14.3. The molecule has 4 aromatic rings. The molecule has 0 aliphatic rings. The second kappa shape index (κ2) is 8.56. The molecule has 31 heavy (non-hydrogen) atoms. The lowest BCUT2D eigenvalue weighted by molar-refractivity contribution is 0.581. The van der Waals surface area contributed by atoms with Gasteiger partial charge in [-0.2, -0.15) is 5.10 Å². The molecule has 4 rings (SSSR count). The van der Waals surface area contributed by atoms with Crippen LogP contribution in [0.2, 0.25) is 15.1 Å². The summed E-state index contributed by atoms with van der Waals surface area (Å²) in [6.45, 7) is 0. The van der Waals surface area contributed by atoms with Crippen molar-refractivity contribution in [1.82, 2.24) is 14.8 Å². The molecular formula is C21H9Cl3F3N3S. The minimum Gasteiger partial charge on any atom is -0.248 e. The highest BCUT2D eigenvalue weighted by molar-refractivity contribution is 7.17. The molecule has 0 saturated heterocycles. The third-order valence-electron chi connectivity index (χ3n) is 4.19. The van der Waals surface area contributed by atoms with E-state index >= 15 is 0 Å². The van der Waals surface area contributed by atoms with Crippen molar-refractivity contribution in [3.8, 4) is 33.9 Å². The number of thiophene rings is 1. The van der Waals surface area contributed by atoms with Crippen molar-refractivity contribution in [3.05, 3.63) is 79.4 Å². The van der Waals surface area contributed by atoms with E-state index in [0.29, 0.717) is 15.6 Å². The van der Waals surface area contributed by atoms with Crippen molar-refractivity contribution in [2.75, 3.05) is 0 Å². The molecule has 0 aliphatic heterocycles. The van der Waals surface area contributed by atoms with Gasteiger partial charge < -0.3 is 0 Å². The standard InChI is InChI=1S/C21H9Cl3F3N3S/c1-30-21(28-20(29-30)16-12(22)3-2-4-13(16)26)19-18(24)17(23)15(31-19)8-6-10-5-7-11(25)9-14(10)27/h2-5,7,9H,1H3. The third kappa shape index (κ3) is 4.17. The lowest BCUT2D eigenvalue weighted by Gasteiger charge is -1.99. The number of benzene rings is 2. The number of hydrogen-bond acceptors (Lipinski definition) is 3. The van der Waals surface area contributed by atoms with Crippen LogP contribution in [0.15, 0.2) is 36.4 Å². The van der Waals surface area contributed by atoms with Crippen LogP contribution in [-0.2, 0) is 7.05 Å². The monoisotopic (exact) mass is 497 g/mol. The molecule has 0 amide bonds. The molecule has 3 nitrogen and oxygen atoms in total. The smallest absolute Gasteiger partial charge is 0.186 e. The highest BCUT2D eigenvalue weighted by Crippen LogP contribution is 2.43. The molecule has 0 spiro atoms. The molecule has 0 saturated carbocycles. The van der Waals surface area contributed by atoms with E-state index in [0.717, 1.165) is 23.5 Å². The zero-order valence-electron chi connectivity index (χ0n) is 15.5. The second-order valence-electron chi connectivity index (χ2n) is 6.24. The Bertz CT molecular complexity index is 1370. The molecule has 10 heteroatoms. The van der Waals surface area contributed by atoms with E-state index in [1.807, 2.05) is 0 Å². The van der Waals surface area contributed by atoms with Gasteiger partial charge in [0, 0.05) is 13.1 Å². The van der Waals surface area contributed by atoms with Crippen LogP contribution in [0.25, 0.3) is 22.1 Å². The van der Waals surface area contributed by atoms with Gasteiger partial charge in [0.15, 0.2) is 11.6 Å². The summed E-state index contributed by atoms with van der Waals surface area (Å²) in [5.41, 5.74) is 0.0790. The molecule has 2 aromatic carbocycles. The summed E-state index contributed by atoms with van der Waals surface area (Å²) in [7, 11) is 1.61. The molecule has 0 atom stereocenters. The third-order valence-corrected chi connectivity index (χ3v) is 6.68. The van der Waals surface area contributed by atoms with Crippen molar-refractivity contribution in [2.24, 2.45) is 7.05 Å². The van der Waals surface area contributed by atoms with Gasteiger partial charge in [-0.1, -0.05) is 46.8 Å². The minimum absolute atomic E-state index is 0.0127. The van der Waals surface area contributed by atoms with Crippen molar-refractivity contribution in [1.29, 1.82) is 0 Å². The van der Waals surface area contributed by atoms with E-state index in [-0.39, 0.29) is 32.0 Å². The van der Waals surface area contributed by atoms with Crippen LogP contribution >= 0.6 is 46.1 Å². The predicted octanol–water partition coefficient (Wildman–Crippen LogP) is 6.99. The van der Waals surface area contributed by atoms with Gasteiger partial charge in [0.25, 0.3) is 0 Å². The van der Waals surface area contributed by atoms with Crippen LogP contribution in [0.3, 0.4) is 0 Å². The summed E-state index contributed by atoms with van der Waals surface area (Å²) in [6, 6.07) is 7.36. The van der Waals surface area contributed by atoms with Crippen LogP contribution < -0.4 is 0 Å². The molecule has 0 aliphatic carbocycles. The molecule has 0 N–H and O–H groups in total. The van der Waals surface area contributed by atoms with Crippen molar-refractivity contribution < 1.29 is 13.2 Å². The first kappa shape index (κ1) is 21.7. The molecule has 2 aromatic heterocycles. The van der Waals surface area contributed by atoms with E-state index in [2.05, 4.69) is 21.9 Å². The van der Waals surface area contributed by atoms with Crippen LogP contribution in [0.4, 0.5) is 13.2 Å². The Morgan fingerprint density at radius 3 is 2.45 bits per heavy atom. The van der Waals surface area contributed by atoms with Crippen LogP contribution in [0.1, 0.15) is 10.4 Å². The average molecular weight is 499 g/mol. The fourth-order valence-electron chi connectivity index (χ4n) is 2.73. The number of halogens is 6. The van der Waals surface area contributed by atoms with Crippen molar-refractivity contribution >= 4 is 46.1 Å². The summed E-state index contributed by atoms with van der Waals surface area (Å²) >= 11 is 19.9. The Balaban J connectivity index is 1.76. The fraction of sp³-hybridized carbons (Fsp3) is 0.0476. The van der Waals surface area contributed by atoms with Gasteiger partial charge in [0.2, 0.25) is 0 Å². The normalized spacial score (nSPS) is 10.8. The van der Waals surface area contributed by atoms with Gasteiger partial charge in [-0.15, -0.1) is 11.3 Å². The van der Waals surface area contributed by atoms with Gasteiger partial charge in [-0.05, 0) is 30.2 Å². The molecule has 156 valence electrons. The lowest BCUT2D eigenvalue weighted by Crippen LogP contribution is -1.93. The molecule has 0 radical (unpaired) electrons. The highest BCUT2D eigenvalue weighted by Gasteiger charge is 2.23. The molecular weight excluding hydrogens is 490 g/mol. The van der Waals surface area contributed by atoms with Crippen LogP contribution in [-0.4, -0.2) is 14.8 Å². The SMILES string of the molecule is Cn1nc(-c2c(F)cccc2Cl)nc1-c1sc(C#Cc2ccc(F)cc2F)c(Cl)c1Cl. The summed E-state index contributed by atoms with van der Waals surface area (Å²) in [5.74, 6) is 3.73. The topological polar surface area (TPSA) is 30.7 Å². The Kier molecular flexibility index (Phi) is 6.00. The van der Waals surface area contributed by atoms with Crippen LogP contribution in [0, 0.1) is 29.3 Å². The number of aromatic nitrogens is 3. The van der Waals surface area contributed by atoms with Gasteiger partial charge in [0.1, 0.15) is 17.5 Å². The Morgan fingerprint density at radius 2 is 1.74 bits per heavy atom. The Hall–Kier alpha value is -2.50. The second-order valence-corrected chi connectivity index (χ2v) is 8.43. The van der Waals surface area contributed by atoms with E-state index in [1.165, 1.54) is 28.9 Å². The van der Waals surface area contributed by atoms with Gasteiger partial charge in [0.05, 0.1) is 35.9 Å².